The molecule has 1 aliphatic heterocycles. The second kappa shape index (κ2) is 9.11. The first-order valence-electron chi connectivity index (χ1n) is 6.94. The number of ether oxygens (including phenoxy) is 2. The molecule has 138 valence electrons. The molecule has 0 aromatic carbocycles. The third-order valence-corrected chi connectivity index (χ3v) is 3.24. The van der Waals surface area contributed by atoms with Crippen LogP contribution < -0.4 is 0 Å². The number of carboxylic acids is 2. The zero-order valence-electron chi connectivity index (χ0n) is 12.7. The minimum Gasteiger partial charge on any atom is -0.481 e. The Balaban J connectivity index is 3.12. The summed E-state index contributed by atoms with van der Waals surface area (Å²) in [4.78, 5) is 21.4. The molecule has 1 aliphatic rings. The van der Waals surface area contributed by atoms with Crippen molar-refractivity contribution in [2.75, 3.05) is 6.61 Å². The average Bonchev–Trinajstić information content (AvgIpc) is 2.55. The van der Waals surface area contributed by atoms with Gasteiger partial charge < -0.3 is 40.1 Å². The van der Waals surface area contributed by atoms with E-state index in [1.54, 1.807) is 0 Å². The van der Waals surface area contributed by atoms with E-state index < -0.39 is 61.4 Å². The fourth-order valence-electron chi connectivity index (χ4n) is 2.00. The van der Waals surface area contributed by atoms with Gasteiger partial charge in [-0.25, -0.2) is 4.79 Å². The molecule has 0 bridgehead atoms. The lowest BCUT2D eigenvalue weighted by atomic mass is 9.99. The third kappa shape index (κ3) is 5.52. The maximum absolute atomic E-state index is 10.9. The van der Waals surface area contributed by atoms with Crippen LogP contribution in [0.25, 0.3) is 0 Å². The fraction of sp³-hybridized carbons (Fsp3) is 0.500. The van der Waals surface area contributed by atoms with Crippen molar-refractivity contribution in [3.8, 4) is 6.07 Å². The van der Waals surface area contributed by atoms with Crippen LogP contribution in [0.4, 0.5) is 0 Å². The van der Waals surface area contributed by atoms with E-state index in [-0.39, 0.29) is 5.57 Å². The van der Waals surface area contributed by atoms with Gasteiger partial charge in [0.2, 0.25) is 12.0 Å². The Morgan fingerprint density at radius 1 is 1.12 bits per heavy atom. The first kappa shape index (κ1) is 20.6. The fourth-order valence-corrected chi connectivity index (χ4v) is 2.00. The van der Waals surface area contributed by atoms with Crippen LogP contribution in [0, 0.1) is 11.3 Å². The molecular formula is C14H17NO10. The van der Waals surface area contributed by atoms with Gasteiger partial charge in [-0.05, 0) is 6.08 Å². The van der Waals surface area contributed by atoms with Crippen molar-refractivity contribution < 1.29 is 49.7 Å². The molecule has 11 nitrogen and oxygen atoms in total. The number of hydrogen-bond acceptors (Lipinski definition) is 9. The number of allylic oxidation sites excluding steroid dienone is 2. The maximum Gasteiger partial charge on any atom is 0.328 e. The van der Waals surface area contributed by atoms with Gasteiger partial charge in [0.15, 0.2) is 0 Å². The van der Waals surface area contributed by atoms with Crippen molar-refractivity contribution in [1.29, 1.82) is 5.26 Å². The lowest BCUT2D eigenvalue weighted by Gasteiger charge is -2.39. The Bertz CT molecular complexity index is 605. The predicted octanol–water partition coefficient (Wildman–Crippen LogP) is -2.30. The van der Waals surface area contributed by atoms with E-state index in [4.69, 9.17) is 30.1 Å². The molecule has 0 radical (unpaired) electrons. The number of nitrogens with zero attached hydrogens (tertiary/aromatic N) is 1. The lowest BCUT2D eigenvalue weighted by molar-refractivity contribution is -0.290. The number of nitriles is 1. The molecule has 11 heteroatoms. The molecule has 5 atom stereocenters. The Hall–Kier alpha value is -2.49. The molecule has 0 aromatic rings. The van der Waals surface area contributed by atoms with Crippen molar-refractivity contribution in [2.45, 2.75) is 37.1 Å². The smallest absolute Gasteiger partial charge is 0.328 e. The number of aliphatic carboxylic acids is 2. The molecular weight excluding hydrogens is 342 g/mol. The normalized spacial score (nSPS) is 30.4. The van der Waals surface area contributed by atoms with E-state index in [0.717, 1.165) is 6.08 Å². The molecule has 0 spiro atoms. The van der Waals surface area contributed by atoms with Gasteiger partial charge in [0.1, 0.15) is 30.5 Å². The molecule has 1 fully saturated rings. The van der Waals surface area contributed by atoms with E-state index in [0.29, 0.717) is 6.08 Å². The van der Waals surface area contributed by atoms with Gasteiger partial charge in [-0.3, -0.25) is 4.79 Å². The first-order valence-corrected chi connectivity index (χ1v) is 6.94. The van der Waals surface area contributed by atoms with Crippen LogP contribution in [0.1, 0.15) is 6.42 Å². The number of carbonyl (C=O) groups is 2. The van der Waals surface area contributed by atoms with E-state index in [1.807, 2.05) is 0 Å². The summed E-state index contributed by atoms with van der Waals surface area (Å²) in [6, 6.07) is 1.51. The largest absolute Gasteiger partial charge is 0.481 e. The minimum absolute atomic E-state index is 0.325. The van der Waals surface area contributed by atoms with Crippen molar-refractivity contribution in [1.82, 2.24) is 0 Å². The van der Waals surface area contributed by atoms with Gasteiger partial charge in [-0.1, -0.05) is 0 Å². The Kier molecular flexibility index (Phi) is 7.49. The summed E-state index contributed by atoms with van der Waals surface area (Å²) in [5, 5.41) is 64.8. The summed E-state index contributed by atoms with van der Waals surface area (Å²) in [5.74, 6) is -3.44. The van der Waals surface area contributed by atoms with Gasteiger partial charge in [0.05, 0.1) is 13.0 Å². The highest BCUT2D eigenvalue weighted by Crippen LogP contribution is 2.25. The quantitative estimate of drug-likeness (QED) is 0.124. The minimum atomic E-state index is -1.81. The van der Waals surface area contributed by atoms with Crippen LogP contribution in [-0.2, 0) is 19.1 Å². The van der Waals surface area contributed by atoms with Gasteiger partial charge >= 0.3 is 11.9 Å². The van der Waals surface area contributed by atoms with Crippen molar-refractivity contribution in [2.24, 2.45) is 0 Å². The van der Waals surface area contributed by atoms with Crippen LogP contribution >= 0.6 is 0 Å². The SMILES string of the molecule is N#C/C(O[C@@H]1O[C@H](CO)[C@H](O)[C@H](O)[C@@H]1O)=C(/C=C/C(=O)O)CC(=O)O. The molecule has 1 rings (SSSR count). The average molecular weight is 359 g/mol. The zero-order chi connectivity index (χ0) is 19.1. The summed E-state index contributed by atoms with van der Waals surface area (Å²) in [6.07, 6.45) is -7.54. The molecule has 1 heterocycles. The van der Waals surface area contributed by atoms with Gasteiger partial charge in [0, 0.05) is 11.6 Å². The molecule has 0 saturated carbocycles. The molecule has 0 amide bonds. The maximum atomic E-state index is 10.9. The number of rotatable bonds is 7. The van der Waals surface area contributed by atoms with Crippen LogP contribution in [0.15, 0.2) is 23.5 Å². The molecule has 0 aliphatic carbocycles. The van der Waals surface area contributed by atoms with Crippen molar-refractivity contribution in [3.05, 3.63) is 23.5 Å². The van der Waals surface area contributed by atoms with Gasteiger partial charge in [0.25, 0.3) is 0 Å². The topological polar surface area (TPSA) is 198 Å². The highest BCUT2D eigenvalue weighted by atomic mass is 16.7. The van der Waals surface area contributed by atoms with Crippen molar-refractivity contribution >= 4 is 11.9 Å². The van der Waals surface area contributed by atoms with Gasteiger partial charge in [-0.15, -0.1) is 0 Å². The molecule has 0 unspecified atom stereocenters. The highest BCUT2D eigenvalue weighted by Gasteiger charge is 2.45. The molecule has 0 aromatic heterocycles. The second-order valence-corrected chi connectivity index (χ2v) is 5.02. The second-order valence-electron chi connectivity index (χ2n) is 5.02. The van der Waals surface area contributed by atoms with E-state index >= 15 is 0 Å². The Morgan fingerprint density at radius 3 is 2.24 bits per heavy atom. The lowest BCUT2D eigenvalue weighted by Crippen LogP contribution is -2.59. The number of hydrogen-bond donors (Lipinski definition) is 6. The monoisotopic (exact) mass is 359 g/mol. The first-order chi connectivity index (χ1) is 11.7. The van der Waals surface area contributed by atoms with Gasteiger partial charge in [-0.2, -0.15) is 5.26 Å². The van der Waals surface area contributed by atoms with E-state index in [9.17, 15) is 24.9 Å². The molecule has 1 saturated heterocycles. The number of aliphatic hydroxyl groups excluding tert-OH is 4. The summed E-state index contributed by atoms with van der Waals surface area (Å²) >= 11 is 0. The predicted molar refractivity (Wildman–Crippen MR) is 76.5 cm³/mol. The standard InChI is InChI=1S/C14H17NO10/c15-4-7(6(3-10(19)20)1-2-9(17)18)24-14-13(23)12(22)11(21)8(5-16)25-14/h1-2,8,11-14,16,21-23H,3,5H2,(H,17,18)(H,19,20)/b2-1+,7-6+/t8-,11+,12+,13+,14-/m1/s1. The number of carboxylic acid groups (broad SMARTS) is 2. The Morgan fingerprint density at radius 2 is 1.76 bits per heavy atom. The summed E-state index contributed by atoms with van der Waals surface area (Å²) in [6.45, 7) is -0.725. The Labute approximate surface area is 141 Å². The van der Waals surface area contributed by atoms with Crippen LogP contribution in [0.3, 0.4) is 0 Å². The van der Waals surface area contributed by atoms with Crippen molar-refractivity contribution in [3.63, 3.8) is 0 Å². The zero-order valence-corrected chi connectivity index (χ0v) is 12.7. The van der Waals surface area contributed by atoms with Crippen LogP contribution in [0.5, 0.6) is 0 Å². The summed E-state index contributed by atoms with van der Waals surface area (Å²) < 4.78 is 10.1. The molecule has 6 N–H and O–H groups in total. The van der Waals surface area contributed by atoms with Crippen LogP contribution in [0.2, 0.25) is 0 Å². The van der Waals surface area contributed by atoms with Crippen LogP contribution in [-0.4, -0.2) is 79.9 Å². The highest BCUT2D eigenvalue weighted by molar-refractivity contribution is 5.81. The summed E-state index contributed by atoms with van der Waals surface area (Å²) in [7, 11) is 0. The molecule has 25 heavy (non-hydrogen) atoms. The third-order valence-electron chi connectivity index (χ3n) is 3.24. The summed E-state index contributed by atoms with van der Waals surface area (Å²) in [5.41, 5.74) is -0.325. The van der Waals surface area contributed by atoms with E-state index in [1.165, 1.54) is 6.07 Å². The number of aliphatic hydroxyl groups is 4. The van der Waals surface area contributed by atoms with E-state index in [2.05, 4.69) is 0 Å².